The van der Waals surface area contributed by atoms with Crippen molar-refractivity contribution in [2.45, 2.75) is 46.2 Å². The summed E-state index contributed by atoms with van der Waals surface area (Å²) in [4.78, 5) is 25.6. The van der Waals surface area contributed by atoms with E-state index < -0.39 is 11.5 Å². The van der Waals surface area contributed by atoms with E-state index in [0.717, 1.165) is 17.4 Å². The lowest BCUT2D eigenvalue weighted by Crippen LogP contribution is -2.35. The molecule has 1 aliphatic carbocycles. The molecule has 28 heavy (non-hydrogen) atoms. The molecule has 0 bridgehead atoms. The van der Waals surface area contributed by atoms with Gasteiger partial charge in [0.25, 0.3) is 11.5 Å². The molecule has 0 atom stereocenters. The minimum atomic E-state index is -0.677. The van der Waals surface area contributed by atoms with Gasteiger partial charge in [0.05, 0.1) is 11.8 Å². The van der Waals surface area contributed by atoms with E-state index in [9.17, 15) is 14.7 Å². The van der Waals surface area contributed by atoms with Gasteiger partial charge in [0.1, 0.15) is 17.2 Å². The molecule has 1 amide bonds. The van der Waals surface area contributed by atoms with Crippen molar-refractivity contribution in [2.75, 3.05) is 5.73 Å². The number of nitrogen functional groups attached to an aromatic ring is 1. The van der Waals surface area contributed by atoms with Crippen LogP contribution in [0.3, 0.4) is 0 Å². The molecule has 1 fully saturated rings. The second-order valence-corrected chi connectivity index (χ2v) is 8.40. The highest BCUT2D eigenvalue weighted by molar-refractivity contribution is 5.96. The maximum absolute atomic E-state index is 13.0. The van der Waals surface area contributed by atoms with Crippen molar-refractivity contribution in [1.82, 2.24) is 29.7 Å². The van der Waals surface area contributed by atoms with Crippen LogP contribution in [0.5, 0.6) is 5.88 Å². The number of aromatic hydroxyl groups is 1. The zero-order chi connectivity index (χ0) is 20.2. The number of amides is 1. The Bertz CT molecular complexity index is 1130. The number of H-pyrrole nitrogens is 1. The summed E-state index contributed by atoms with van der Waals surface area (Å²) in [6, 6.07) is 1.70. The second-order valence-electron chi connectivity index (χ2n) is 8.40. The van der Waals surface area contributed by atoms with E-state index in [2.05, 4.69) is 20.6 Å². The van der Waals surface area contributed by atoms with Crippen molar-refractivity contribution in [3.63, 3.8) is 0 Å². The Morgan fingerprint density at radius 3 is 2.71 bits per heavy atom. The summed E-state index contributed by atoms with van der Waals surface area (Å²) >= 11 is 0. The molecule has 1 aliphatic rings. The van der Waals surface area contributed by atoms with Crippen LogP contribution in [0.4, 0.5) is 5.82 Å². The Kier molecular flexibility index (Phi) is 3.95. The van der Waals surface area contributed by atoms with Gasteiger partial charge < -0.3 is 16.2 Å². The van der Waals surface area contributed by atoms with Crippen LogP contribution in [0.2, 0.25) is 0 Å². The minimum Gasteiger partial charge on any atom is -0.494 e. The zero-order valence-corrected chi connectivity index (χ0v) is 16.0. The van der Waals surface area contributed by atoms with Crippen molar-refractivity contribution in [2.24, 2.45) is 5.41 Å². The molecule has 4 rings (SSSR count). The van der Waals surface area contributed by atoms with E-state index in [0.29, 0.717) is 29.3 Å². The molecular weight excluding hydrogens is 362 g/mol. The first-order valence-electron chi connectivity index (χ1n) is 9.11. The Morgan fingerprint density at radius 1 is 1.43 bits per heavy atom. The third-order valence-electron chi connectivity index (χ3n) is 4.57. The topological polar surface area (TPSA) is 143 Å². The maximum atomic E-state index is 13.0. The average Bonchev–Trinajstić information content (AvgIpc) is 3.12. The molecule has 0 radical (unpaired) electrons. The number of fused-ring (bicyclic) bond motifs is 1. The van der Waals surface area contributed by atoms with Gasteiger partial charge in [-0.2, -0.15) is 14.7 Å². The standard InChI is InChI=1S/C18H23N7O3/c1-18(2,3)8-24-12-6-11(10-7-20-22-14(10)19)23-25(12)17(28)13(16(24)27)15(26)21-9-4-5-9/h6-7,9,27H,4-5,8H2,1-3H3,(H,21,26)(H3,19,20,22). The fourth-order valence-corrected chi connectivity index (χ4v) is 3.10. The highest BCUT2D eigenvalue weighted by Gasteiger charge is 2.30. The number of hydrogen-bond donors (Lipinski definition) is 4. The second kappa shape index (κ2) is 6.11. The normalized spacial score (nSPS) is 14.5. The molecular formula is C18H23N7O3. The Labute approximate surface area is 160 Å². The van der Waals surface area contributed by atoms with Crippen molar-refractivity contribution < 1.29 is 9.90 Å². The first-order chi connectivity index (χ1) is 13.2. The van der Waals surface area contributed by atoms with Gasteiger partial charge in [-0.15, -0.1) is 0 Å². The molecule has 0 spiro atoms. The molecule has 148 valence electrons. The van der Waals surface area contributed by atoms with E-state index in [4.69, 9.17) is 5.73 Å². The van der Waals surface area contributed by atoms with Gasteiger partial charge >= 0.3 is 0 Å². The van der Waals surface area contributed by atoms with Gasteiger partial charge in [0.15, 0.2) is 5.56 Å². The van der Waals surface area contributed by atoms with Crippen LogP contribution in [-0.2, 0) is 6.54 Å². The molecule has 1 saturated carbocycles. The number of carbonyl (C=O) groups excluding carboxylic acids is 1. The van der Waals surface area contributed by atoms with E-state index in [1.54, 1.807) is 6.07 Å². The Hall–Kier alpha value is -3.30. The van der Waals surface area contributed by atoms with E-state index >= 15 is 0 Å². The lowest BCUT2D eigenvalue weighted by atomic mass is 9.96. The van der Waals surface area contributed by atoms with Crippen LogP contribution in [0.15, 0.2) is 17.1 Å². The summed E-state index contributed by atoms with van der Waals surface area (Å²) in [6.45, 7) is 6.36. The maximum Gasteiger partial charge on any atom is 0.291 e. The zero-order valence-electron chi connectivity index (χ0n) is 16.0. The largest absolute Gasteiger partial charge is 0.494 e. The Morgan fingerprint density at radius 2 is 2.14 bits per heavy atom. The third-order valence-corrected chi connectivity index (χ3v) is 4.57. The molecule has 3 heterocycles. The Balaban J connectivity index is 1.96. The van der Waals surface area contributed by atoms with E-state index in [1.807, 2.05) is 20.8 Å². The SMILES string of the molecule is CC(C)(C)Cn1c(O)c(C(=O)NC2CC2)c(=O)n2nc(-c3cn[nH]c3N)cc12. The van der Waals surface area contributed by atoms with Crippen LogP contribution in [0.25, 0.3) is 16.9 Å². The third kappa shape index (κ3) is 3.10. The number of rotatable bonds is 4. The summed E-state index contributed by atoms with van der Waals surface area (Å²) in [5.41, 5.74) is 6.00. The number of nitrogens with zero attached hydrogens (tertiary/aromatic N) is 4. The van der Waals surface area contributed by atoms with Gasteiger partial charge in [0, 0.05) is 18.7 Å². The highest BCUT2D eigenvalue weighted by atomic mass is 16.3. The van der Waals surface area contributed by atoms with Crippen molar-refractivity contribution >= 4 is 17.4 Å². The summed E-state index contributed by atoms with van der Waals surface area (Å²) in [5, 5.41) is 24.5. The van der Waals surface area contributed by atoms with Crippen molar-refractivity contribution in [3.05, 3.63) is 28.2 Å². The minimum absolute atomic E-state index is 0.0528. The molecule has 0 aromatic carbocycles. The summed E-state index contributed by atoms with van der Waals surface area (Å²) in [5.74, 6) is -0.638. The number of aromatic nitrogens is 5. The first-order valence-corrected chi connectivity index (χ1v) is 9.11. The summed E-state index contributed by atoms with van der Waals surface area (Å²) in [7, 11) is 0. The van der Waals surface area contributed by atoms with Crippen molar-refractivity contribution in [1.29, 1.82) is 0 Å². The molecule has 3 aromatic rings. The number of aromatic amines is 1. The fraction of sp³-hybridized carbons (Fsp3) is 0.444. The first kappa shape index (κ1) is 18.1. The van der Waals surface area contributed by atoms with Crippen LogP contribution >= 0.6 is 0 Å². The van der Waals surface area contributed by atoms with Gasteiger partial charge in [-0.25, -0.2) is 0 Å². The lowest BCUT2D eigenvalue weighted by Gasteiger charge is -2.23. The number of nitrogens with two attached hydrogens (primary N) is 1. The predicted octanol–water partition coefficient (Wildman–Crippen LogP) is 1.11. The van der Waals surface area contributed by atoms with Gasteiger partial charge in [-0.3, -0.25) is 19.3 Å². The van der Waals surface area contributed by atoms with Crippen LogP contribution in [-0.4, -0.2) is 41.4 Å². The van der Waals surface area contributed by atoms with Crippen LogP contribution in [0.1, 0.15) is 44.0 Å². The van der Waals surface area contributed by atoms with Gasteiger partial charge in [0.2, 0.25) is 5.88 Å². The smallest absolute Gasteiger partial charge is 0.291 e. The molecule has 0 unspecified atom stereocenters. The average molecular weight is 385 g/mol. The van der Waals surface area contributed by atoms with Crippen LogP contribution in [0, 0.1) is 5.41 Å². The number of carbonyl (C=O) groups is 1. The van der Waals surface area contributed by atoms with Gasteiger partial charge in [-0.1, -0.05) is 20.8 Å². The molecule has 3 aromatic heterocycles. The lowest BCUT2D eigenvalue weighted by molar-refractivity contribution is 0.0944. The van der Waals surface area contributed by atoms with Crippen LogP contribution < -0.4 is 16.6 Å². The molecule has 5 N–H and O–H groups in total. The summed E-state index contributed by atoms with van der Waals surface area (Å²) in [6.07, 6.45) is 3.25. The number of anilines is 1. The quantitative estimate of drug-likeness (QED) is 0.530. The van der Waals surface area contributed by atoms with E-state index in [-0.39, 0.29) is 22.9 Å². The van der Waals surface area contributed by atoms with Gasteiger partial charge in [-0.05, 0) is 18.3 Å². The van der Waals surface area contributed by atoms with Crippen molar-refractivity contribution in [3.8, 4) is 17.1 Å². The molecule has 0 saturated heterocycles. The molecule has 10 nitrogen and oxygen atoms in total. The predicted molar refractivity (Wildman–Crippen MR) is 103 cm³/mol. The number of hydrogen-bond acceptors (Lipinski definition) is 6. The molecule has 0 aliphatic heterocycles. The van der Waals surface area contributed by atoms with E-state index in [1.165, 1.54) is 10.8 Å². The number of nitrogens with one attached hydrogen (secondary N) is 2. The molecule has 10 heteroatoms. The monoisotopic (exact) mass is 385 g/mol. The fourth-order valence-electron chi connectivity index (χ4n) is 3.10. The summed E-state index contributed by atoms with van der Waals surface area (Å²) < 4.78 is 2.67. The highest BCUT2D eigenvalue weighted by Crippen LogP contribution is 2.29.